The van der Waals surface area contributed by atoms with Gasteiger partial charge >= 0.3 is 0 Å². The summed E-state index contributed by atoms with van der Waals surface area (Å²) < 4.78 is 13.5. The predicted molar refractivity (Wildman–Crippen MR) is 115 cm³/mol. The minimum absolute atomic E-state index is 0.0102. The number of nitrogens with one attached hydrogen (secondary N) is 1. The first-order valence-electron chi connectivity index (χ1n) is 10.5. The highest BCUT2D eigenvalue weighted by Crippen LogP contribution is 2.22. The lowest BCUT2D eigenvalue weighted by atomic mass is 10.1. The molecular weight excluding hydrogens is 366 g/mol. The lowest BCUT2D eigenvalue weighted by Gasteiger charge is -2.34. The summed E-state index contributed by atoms with van der Waals surface area (Å²) in [4.78, 5) is 7.21. The number of aryl methyl sites for hydroxylation is 1. The summed E-state index contributed by atoms with van der Waals surface area (Å²) in [5.41, 5.74) is 3.51. The number of hydrogen-bond acceptors (Lipinski definition) is 4. The third-order valence-corrected chi connectivity index (χ3v) is 4.92. The second-order valence-corrected chi connectivity index (χ2v) is 7.24. The Morgan fingerprint density at radius 1 is 1.31 bits per heavy atom. The maximum absolute atomic E-state index is 5.98. The molecule has 29 heavy (non-hydrogen) atoms. The Bertz CT molecular complexity index is 789. The number of nitrogens with zero attached hydrogens (tertiary/aromatic N) is 4. The monoisotopic (exact) mass is 399 g/mol. The van der Waals surface area contributed by atoms with Crippen molar-refractivity contribution in [3.8, 4) is 0 Å². The summed E-state index contributed by atoms with van der Waals surface area (Å²) in [6.45, 7) is 9.35. The molecule has 0 aliphatic carbocycles. The molecule has 7 heteroatoms. The summed E-state index contributed by atoms with van der Waals surface area (Å²) in [6.07, 6.45) is 4.94. The summed E-state index contributed by atoms with van der Waals surface area (Å²) in [7, 11) is 1.93. The van der Waals surface area contributed by atoms with E-state index >= 15 is 0 Å². The van der Waals surface area contributed by atoms with Crippen LogP contribution >= 0.6 is 0 Å². The number of rotatable bonds is 8. The summed E-state index contributed by atoms with van der Waals surface area (Å²) in [5, 5.41) is 7.71. The van der Waals surface area contributed by atoms with Crippen molar-refractivity contribution >= 4 is 5.96 Å². The van der Waals surface area contributed by atoms with Gasteiger partial charge in [0.05, 0.1) is 32.5 Å². The molecule has 1 aliphatic rings. The van der Waals surface area contributed by atoms with Crippen molar-refractivity contribution in [1.29, 1.82) is 0 Å². The van der Waals surface area contributed by atoms with Crippen LogP contribution in [0.3, 0.4) is 0 Å². The van der Waals surface area contributed by atoms with E-state index in [4.69, 9.17) is 14.5 Å². The number of benzene rings is 1. The maximum Gasteiger partial charge on any atom is 0.194 e. The second-order valence-electron chi connectivity index (χ2n) is 7.24. The lowest BCUT2D eigenvalue weighted by Crippen LogP contribution is -2.48. The maximum atomic E-state index is 5.98. The molecule has 2 aromatic rings. The lowest BCUT2D eigenvalue weighted by molar-refractivity contribution is -0.00805. The molecule has 1 aromatic carbocycles. The molecule has 1 saturated heterocycles. The number of ether oxygens (including phenoxy) is 2. The molecule has 3 rings (SSSR count). The first kappa shape index (κ1) is 21.3. The number of aromatic nitrogens is 2. The fourth-order valence-corrected chi connectivity index (χ4v) is 3.41. The normalized spacial score (nSPS) is 17.6. The van der Waals surface area contributed by atoms with E-state index in [0.717, 1.165) is 44.2 Å². The molecule has 1 fully saturated rings. The molecule has 1 aromatic heterocycles. The van der Waals surface area contributed by atoms with Crippen LogP contribution in [0.25, 0.3) is 0 Å². The molecular formula is C22H33N5O2. The van der Waals surface area contributed by atoms with Crippen molar-refractivity contribution in [3.63, 3.8) is 0 Å². The molecule has 0 saturated carbocycles. The van der Waals surface area contributed by atoms with Crippen LogP contribution in [0.4, 0.5) is 0 Å². The third-order valence-electron chi connectivity index (χ3n) is 4.92. The molecule has 1 atom stereocenters. The molecule has 0 amide bonds. The Balaban J connectivity index is 1.70. The summed E-state index contributed by atoms with van der Waals surface area (Å²) in [5.74, 6) is 0.925. The van der Waals surface area contributed by atoms with Crippen molar-refractivity contribution in [1.82, 2.24) is 20.0 Å². The van der Waals surface area contributed by atoms with Gasteiger partial charge in [0, 0.05) is 38.5 Å². The van der Waals surface area contributed by atoms with Gasteiger partial charge in [0.15, 0.2) is 5.96 Å². The second kappa shape index (κ2) is 11.0. The molecule has 1 aliphatic heterocycles. The molecule has 158 valence electrons. The van der Waals surface area contributed by atoms with E-state index in [1.807, 2.05) is 24.1 Å². The van der Waals surface area contributed by atoms with E-state index < -0.39 is 0 Å². The van der Waals surface area contributed by atoms with Crippen molar-refractivity contribution in [2.75, 3.05) is 32.8 Å². The van der Waals surface area contributed by atoms with Crippen molar-refractivity contribution in [3.05, 3.63) is 53.3 Å². The van der Waals surface area contributed by atoms with Gasteiger partial charge < -0.3 is 19.7 Å². The van der Waals surface area contributed by atoms with Gasteiger partial charge in [-0.3, -0.25) is 4.68 Å². The number of guanidine groups is 1. The van der Waals surface area contributed by atoms with E-state index in [9.17, 15) is 0 Å². The summed E-state index contributed by atoms with van der Waals surface area (Å²) >= 11 is 0. The van der Waals surface area contributed by atoms with Crippen molar-refractivity contribution < 1.29 is 9.47 Å². The van der Waals surface area contributed by atoms with E-state index in [-0.39, 0.29) is 6.10 Å². The minimum Gasteiger partial charge on any atom is -0.377 e. The van der Waals surface area contributed by atoms with Gasteiger partial charge in [0.25, 0.3) is 0 Å². The van der Waals surface area contributed by atoms with Gasteiger partial charge in [0.1, 0.15) is 6.10 Å². The summed E-state index contributed by atoms with van der Waals surface area (Å²) in [6, 6.07) is 8.38. The molecule has 7 nitrogen and oxygen atoms in total. The van der Waals surface area contributed by atoms with Gasteiger partial charge in [-0.05, 0) is 24.5 Å². The van der Waals surface area contributed by atoms with Crippen LogP contribution in [-0.4, -0.2) is 53.5 Å². The predicted octanol–water partition coefficient (Wildman–Crippen LogP) is 2.89. The van der Waals surface area contributed by atoms with E-state index in [1.165, 1.54) is 11.1 Å². The van der Waals surface area contributed by atoms with Crippen LogP contribution in [0, 0.1) is 0 Å². The largest absolute Gasteiger partial charge is 0.377 e. The van der Waals surface area contributed by atoms with E-state index in [0.29, 0.717) is 19.8 Å². The highest BCUT2D eigenvalue weighted by atomic mass is 16.5. The molecule has 0 bridgehead atoms. The topological polar surface area (TPSA) is 63.9 Å². The first-order valence-corrected chi connectivity index (χ1v) is 10.5. The zero-order chi connectivity index (χ0) is 20.5. The molecule has 0 spiro atoms. The van der Waals surface area contributed by atoms with Gasteiger partial charge in [0.2, 0.25) is 0 Å². The van der Waals surface area contributed by atoms with Gasteiger partial charge in [-0.1, -0.05) is 31.2 Å². The first-order chi connectivity index (χ1) is 14.2. The molecule has 1 N–H and O–H groups in total. The Hall–Kier alpha value is -2.38. The Kier molecular flexibility index (Phi) is 8.07. The number of morpholine rings is 1. The van der Waals surface area contributed by atoms with Crippen molar-refractivity contribution in [2.45, 2.75) is 39.5 Å². The molecule has 0 radical (unpaired) electrons. The van der Waals surface area contributed by atoms with Crippen LogP contribution in [0.2, 0.25) is 0 Å². The smallest absolute Gasteiger partial charge is 0.194 e. The SMILES string of the molecule is CCCOCc1ccccc1CN=C(NCC)N1CCOC(c2cnn(C)c2)C1. The third kappa shape index (κ3) is 6.05. The van der Waals surface area contributed by atoms with Crippen LogP contribution in [0.5, 0.6) is 0 Å². The van der Waals surface area contributed by atoms with Crippen LogP contribution in [0.1, 0.15) is 43.1 Å². The standard InChI is InChI=1S/C22H33N5O2/c1-4-11-28-17-19-9-7-6-8-18(19)13-24-22(23-5-2)27-10-12-29-21(16-27)20-14-25-26(3)15-20/h6-9,14-15,21H,4-5,10-13,16-17H2,1-3H3,(H,23,24). The Labute approximate surface area is 173 Å². The Morgan fingerprint density at radius 3 is 2.86 bits per heavy atom. The van der Waals surface area contributed by atoms with Gasteiger partial charge in [-0.2, -0.15) is 5.10 Å². The minimum atomic E-state index is 0.0102. The molecule has 1 unspecified atom stereocenters. The van der Waals surface area contributed by atoms with Crippen LogP contribution in [-0.2, 0) is 29.7 Å². The van der Waals surface area contributed by atoms with E-state index in [2.05, 4.69) is 53.4 Å². The van der Waals surface area contributed by atoms with Crippen LogP contribution in [0.15, 0.2) is 41.7 Å². The number of hydrogen-bond donors (Lipinski definition) is 1. The van der Waals surface area contributed by atoms with Gasteiger partial charge in [-0.15, -0.1) is 0 Å². The quantitative estimate of drug-likeness (QED) is 0.420. The van der Waals surface area contributed by atoms with Crippen molar-refractivity contribution in [2.24, 2.45) is 12.0 Å². The Morgan fingerprint density at radius 2 is 2.14 bits per heavy atom. The average molecular weight is 400 g/mol. The highest BCUT2D eigenvalue weighted by molar-refractivity contribution is 5.80. The molecule has 2 heterocycles. The number of aliphatic imine (C=N–C) groups is 1. The van der Waals surface area contributed by atoms with Gasteiger partial charge in [-0.25, -0.2) is 4.99 Å². The fraction of sp³-hybridized carbons (Fsp3) is 0.545. The zero-order valence-electron chi connectivity index (χ0n) is 17.8. The average Bonchev–Trinajstić information content (AvgIpc) is 3.18. The fourth-order valence-electron chi connectivity index (χ4n) is 3.41. The van der Waals surface area contributed by atoms with E-state index in [1.54, 1.807) is 0 Å². The van der Waals surface area contributed by atoms with Crippen LogP contribution < -0.4 is 5.32 Å². The highest BCUT2D eigenvalue weighted by Gasteiger charge is 2.25. The zero-order valence-corrected chi connectivity index (χ0v) is 17.8.